The number of carbonyl (C=O) groups excluding carboxylic acids is 1. The van der Waals surface area contributed by atoms with Crippen molar-refractivity contribution in [1.82, 2.24) is 5.32 Å². The fourth-order valence-corrected chi connectivity index (χ4v) is 1.44. The van der Waals surface area contributed by atoms with Gasteiger partial charge in [0, 0.05) is 13.0 Å². The molecule has 0 aromatic rings. The van der Waals surface area contributed by atoms with E-state index in [-0.39, 0.29) is 11.9 Å². The zero-order valence-corrected chi connectivity index (χ0v) is 11.5. The van der Waals surface area contributed by atoms with Crippen LogP contribution in [0.2, 0.25) is 0 Å². The first kappa shape index (κ1) is 18.6. The Kier molecular flexibility index (Phi) is 8.46. The fourth-order valence-electron chi connectivity index (χ4n) is 1.44. The lowest BCUT2D eigenvalue weighted by atomic mass is 10.2. The van der Waals surface area contributed by atoms with Crippen molar-refractivity contribution in [2.45, 2.75) is 37.8 Å². The minimum absolute atomic E-state index is 0.0129. The molecule has 10 heteroatoms. The summed E-state index contributed by atoms with van der Waals surface area (Å²) in [4.78, 5) is 34.4. The van der Waals surface area contributed by atoms with Gasteiger partial charge in [-0.1, -0.05) is 0 Å². The van der Waals surface area contributed by atoms with E-state index in [0.29, 0.717) is 32.2 Å². The maximum Gasteiger partial charge on any atom is 0.326 e. The maximum atomic E-state index is 10.4. The van der Waals surface area contributed by atoms with Gasteiger partial charge in [-0.3, -0.25) is 14.6 Å². The fraction of sp³-hybridized carbons (Fsp3) is 0.636. The Hall–Kier alpha value is -2.36. The van der Waals surface area contributed by atoms with Crippen molar-refractivity contribution in [3.63, 3.8) is 0 Å². The molecule has 120 valence electrons. The largest absolute Gasteiger partial charge is 0.480 e. The van der Waals surface area contributed by atoms with Gasteiger partial charge in [-0.05, 0) is 19.3 Å². The van der Waals surface area contributed by atoms with Gasteiger partial charge in [0.1, 0.15) is 12.1 Å². The molecule has 1 saturated heterocycles. The molecule has 0 aromatic carbocycles. The second kappa shape index (κ2) is 9.53. The molecule has 0 unspecified atom stereocenters. The molecule has 1 heterocycles. The third kappa shape index (κ3) is 9.21. The van der Waals surface area contributed by atoms with E-state index in [0.717, 1.165) is 0 Å². The number of hydrogen-bond donors (Lipinski definition) is 6. The van der Waals surface area contributed by atoms with Crippen molar-refractivity contribution in [1.29, 1.82) is 0 Å². The van der Waals surface area contributed by atoms with Crippen LogP contribution in [0.4, 0.5) is 0 Å². The van der Waals surface area contributed by atoms with Crippen LogP contribution in [0.5, 0.6) is 0 Å². The maximum absolute atomic E-state index is 10.4. The highest BCUT2D eigenvalue weighted by Gasteiger charge is 2.26. The minimum Gasteiger partial charge on any atom is -0.480 e. The molecular weight excluding hydrogens is 282 g/mol. The summed E-state index contributed by atoms with van der Waals surface area (Å²) < 4.78 is 0. The lowest BCUT2D eigenvalue weighted by Gasteiger charge is -2.03. The van der Waals surface area contributed by atoms with Crippen molar-refractivity contribution in [3.05, 3.63) is 0 Å². The molecule has 0 spiro atoms. The van der Waals surface area contributed by atoms with E-state index in [1.54, 1.807) is 0 Å². The molecule has 0 aliphatic carbocycles. The summed E-state index contributed by atoms with van der Waals surface area (Å²) in [5.74, 6) is -2.10. The zero-order valence-electron chi connectivity index (χ0n) is 11.5. The van der Waals surface area contributed by atoms with Crippen LogP contribution in [0.25, 0.3) is 0 Å². The van der Waals surface area contributed by atoms with Crippen molar-refractivity contribution in [2.75, 3.05) is 6.54 Å². The number of aliphatic imine (C=N–C) groups is 1. The summed E-state index contributed by atoms with van der Waals surface area (Å²) in [6.07, 6.45) is 1.72. The average molecular weight is 303 g/mol. The Labute approximate surface area is 121 Å². The van der Waals surface area contributed by atoms with E-state index in [1.807, 2.05) is 0 Å². The first-order valence-electron chi connectivity index (χ1n) is 6.30. The lowest BCUT2D eigenvalue weighted by Crippen LogP contribution is -2.32. The summed E-state index contributed by atoms with van der Waals surface area (Å²) >= 11 is 0. The molecule has 1 amide bonds. The molecule has 2 atom stereocenters. The Morgan fingerprint density at radius 3 is 2.33 bits per heavy atom. The Bertz CT molecular complexity index is 408. The molecule has 0 saturated carbocycles. The van der Waals surface area contributed by atoms with Crippen LogP contribution in [0.3, 0.4) is 0 Å². The van der Waals surface area contributed by atoms with E-state index < -0.39 is 24.0 Å². The Morgan fingerprint density at radius 1 is 1.38 bits per heavy atom. The van der Waals surface area contributed by atoms with Gasteiger partial charge in [0.05, 0.1) is 0 Å². The molecule has 1 aliphatic rings. The van der Waals surface area contributed by atoms with Crippen molar-refractivity contribution >= 4 is 23.8 Å². The monoisotopic (exact) mass is 303 g/mol. The van der Waals surface area contributed by atoms with Crippen LogP contribution < -0.4 is 22.5 Å². The minimum atomic E-state index is -1.00. The molecule has 1 aliphatic heterocycles. The van der Waals surface area contributed by atoms with Crippen LogP contribution in [0.15, 0.2) is 4.99 Å². The number of rotatable bonds is 6. The lowest BCUT2D eigenvalue weighted by molar-refractivity contribution is -0.140. The summed E-state index contributed by atoms with van der Waals surface area (Å²) in [7, 11) is 0. The molecular formula is C11H21N5O5. The van der Waals surface area contributed by atoms with E-state index in [4.69, 9.17) is 27.4 Å². The van der Waals surface area contributed by atoms with Gasteiger partial charge >= 0.3 is 11.9 Å². The number of nitrogens with zero attached hydrogens (tertiary/aromatic N) is 1. The van der Waals surface area contributed by atoms with E-state index in [1.165, 1.54) is 0 Å². The zero-order chi connectivity index (χ0) is 16.4. The number of amides is 1. The van der Waals surface area contributed by atoms with Crippen molar-refractivity contribution in [3.8, 4) is 0 Å². The second-order valence-corrected chi connectivity index (χ2v) is 4.39. The summed E-state index contributed by atoms with van der Waals surface area (Å²) in [5, 5.41) is 19.0. The Morgan fingerprint density at radius 2 is 2.00 bits per heavy atom. The first-order valence-corrected chi connectivity index (χ1v) is 6.30. The highest BCUT2D eigenvalue weighted by molar-refractivity contribution is 5.87. The van der Waals surface area contributed by atoms with E-state index in [9.17, 15) is 14.4 Å². The van der Waals surface area contributed by atoms with Gasteiger partial charge in [0.2, 0.25) is 5.91 Å². The summed E-state index contributed by atoms with van der Waals surface area (Å²) in [6.45, 7) is 0.420. The summed E-state index contributed by atoms with van der Waals surface area (Å²) in [5.41, 5.74) is 15.3. The SMILES string of the molecule is NC(N)=NCCC[C@@H](N)C(=O)O.O=C1CC[C@@H](C(=O)O)N1. The van der Waals surface area contributed by atoms with Gasteiger partial charge in [-0.2, -0.15) is 0 Å². The molecule has 21 heavy (non-hydrogen) atoms. The second-order valence-electron chi connectivity index (χ2n) is 4.39. The van der Waals surface area contributed by atoms with Gasteiger partial charge in [0.15, 0.2) is 5.96 Å². The number of guanidine groups is 1. The van der Waals surface area contributed by atoms with Crippen LogP contribution in [-0.4, -0.2) is 52.6 Å². The van der Waals surface area contributed by atoms with Crippen LogP contribution in [0, 0.1) is 0 Å². The highest BCUT2D eigenvalue weighted by atomic mass is 16.4. The topological polar surface area (TPSA) is 194 Å². The molecule has 9 N–H and O–H groups in total. The molecule has 0 radical (unpaired) electrons. The quantitative estimate of drug-likeness (QED) is 0.180. The number of hydrogen-bond acceptors (Lipinski definition) is 5. The average Bonchev–Trinajstić information content (AvgIpc) is 2.81. The molecule has 0 bridgehead atoms. The highest BCUT2D eigenvalue weighted by Crippen LogP contribution is 2.05. The van der Waals surface area contributed by atoms with Crippen LogP contribution in [-0.2, 0) is 14.4 Å². The Balaban J connectivity index is 0.000000394. The smallest absolute Gasteiger partial charge is 0.326 e. The van der Waals surface area contributed by atoms with Gasteiger partial charge in [-0.25, -0.2) is 4.79 Å². The predicted molar refractivity (Wildman–Crippen MR) is 74.3 cm³/mol. The van der Waals surface area contributed by atoms with E-state index in [2.05, 4.69) is 10.3 Å². The molecule has 10 nitrogen and oxygen atoms in total. The standard InChI is InChI=1S/C6H14N4O2.C5H7NO3/c7-4(5(11)12)2-1-3-10-6(8)9;7-4-2-1-3(6-4)5(8)9/h4H,1-3,7H2,(H,11,12)(H4,8,9,10);3H,1-2H2,(H,6,7)(H,8,9)/t4-;3-/m10/s1. The molecule has 1 fully saturated rings. The van der Waals surface area contributed by atoms with Crippen molar-refractivity contribution in [2.24, 2.45) is 22.2 Å². The third-order valence-corrected chi connectivity index (χ3v) is 2.58. The van der Waals surface area contributed by atoms with Crippen molar-refractivity contribution < 1.29 is 24.6 Å². The molecule has 1 rings (SSSR count). The number of carbonyl (C=O) groups is 3. The number of carboxylic acid groups (broad SMARTS) is 2. The number of nitrogens with one attached hydrogen (secondary N) is 1. The van der Waals surface area contributed by atoms with Crippen LogP contribution >= 0.6 is 0 Å². The predicted octanol–water partition coefficient (Wildman–Crippen LogP) is -2.20. The van der Waals surface area contributed by atoms with Crippen LogP contribution in [0.1, 0.15) is 25.7 Å². The molecule has 0 aromatic heterocycles. The van der Waals surface area contributed by atoms with E-state index >= 15 is 0 Å². The van der Waals surface area contributed by atoms with Gasteiger partial charge in [0.25, 0.3) is 0 Å². The van der Waals surface area contributed by atoms with Gasteiger partial charge < -0.3 is 32.7 Å². The van der Waals surface area contributed by atoms with Gasteiger partial charge in [-0.15, -0.1) is 0 Å². The first-order chi connectivity index (χ1) is 9.73. The third-order valence-electron chi connectivity index (χ3n) is 2.58. The number of nitrogens with two attached hydrogens (primary N) is 3. The number of carboxylic acids is 2. The number of aliphatic carboxylic acids is 2. The summed E-state index contributed by atoms with van der Waals surface area (Å²) in [6, 6.07) is -1.46. The normalized spacial score (nSPS) is 18.0.